The molecule has 0 atom stereocenters. The summed E-state index contributed by atoms with van der Waals surface area (Å²) < 4.78 is 0. The van der Waals surface area contributed by atoms with Gasteiger partial charge in [-0.1, -0.05) is 48.0 Å². The van der Waals surface area contributed by atoms with Gasteiger partial charge in [0.1, 0.15) is 11.6 Å². The maximum Gasteiger partial charge on any atom is 0.337 e. The van der Waals surface area contributed by atoms with Crippen LogP contribution in [0.5, 0.6) is 0 Å². The van der Waals surface area contributed by atoms with Crippen LogP contribution in [0, 0.1) is 6.92 Å². The van der Waals surface area contributed by atoms with E-state index in [9.17, 15) is 14.7 Å². The fourth-order valence-corrected chi connectivity index (χ4v) is 3.44. The molecule has 3 N–H and O–H groups in total. The van der Waals surface area contributed by atoms with Crippen LogP contribution >= 0.6 is 11.6 Å². The monoisotopic (exact) mass is 458 g/mol. The summed E-state index contributed by atoms with van der Waals surface area (Å²) in [6, 6.07) is 22.8. The summed E-state index contributed by atoms with van der Waals surface area (Å²) in [6.07, 6.45) is 0. The Hall–Kier alpha value is -4.23. The number of rotatable bonds is 6. The van der Waals surface area contributed by atoms with E-state index in [1.54, 1.807) is 24.3 Å². The van der Waals surface area contributed by atoms with Crippen LogP contribution in [0.3, 0.4) is 0 Å². The Morgan fingerprint density at radius 3 is 2.42 bits per heavy atom. The summed E-state index contributed by atoms with van der Waals surface area (Å²) in [5, 5.41) is 15.2. The second-order valence-electron chi connectivity index (χ2n) is 7.21. The molecule has 164 valence electrons. The van der Waals surface area contributed by atoms with E-state index in [1.165, 1.54) is 12.1 Å². The van der Waals surface area contributed by atoms with E-state index in [0.717, 1.165) is 11.3 Å². The number of nitrogens with zero attached hydrogens (tertiary/aromatic N) is 2. The minimum atomic E-state index is -1.17. The van der Waals surface area contributed by atoms with Crippen molar-refractivity contribution >= 4 is 40.7 Å². The third-order valence-corrected chi connectivity index (χ3v) is 5.09. The number of carbonyl (C=O) groups is 2. The van der Waals surface area contributed by atoms with Gasteiger partial charge < -0.3 is 15.7 Å². The number of aromatic nitrogens is 2. The van der Waals surface area contributed by atoms with E-state index >= 15 is 0 Å². The Kier molecular flexibility index (Phi) is 6.33. The van der Waals surface area contributed by atoms with E-state index in [4.69, 9.17) is 11.6 Å². The zero-order chi connectivity index (χ0) is 23.4. The predicted octanol–water partition coefficient (Wildman–Crippen LogP) is 5.80. The number of anilines is 3. The first-order valence-corrected chi connectivity index (χ1v) is 10.4. The van der Waals surface area contributed by atoms with Gasteiger partial charge in [0, 0.05) is 28.6 Å². The van der Waals surface area contributed by atoms with Crippen molar-refractivity contribution in [2.24, 2.45) is 0 Å². The van der Waals surface area contributed by atoms with E-state index < -0.39 is 5.97 Å². The van der Waals surface area contributed by atoms with E-state index in [2.05, 4.69) is 20.6 Å². The lowest BCUT2D eigenvalue weighted by atomic mass is 10.1. The molecule has 1 aromatic heterocycles. The van der Waals surface area contributed by atoms with Crippen molar-refractivity contribution in [3.05, 3.63) is 101 Å². The molecular formula is C25H19ClN4O3. The smallest absolute Gasteiger partial charge is 0.337 e. The highest BCUT2D eigenvalue weighted by Gasteiger charge is 2.13. The molecule has 4 rings (SSSR count). The first-order valence-electron chi connectivity index (χ1n) is 10.0. The molecule has 0 fully saturated rings. The van der Waals surface area contributed by atoms with Crippen LogP contribution in [0.15, 0.2) is 78.9 Å². The molecule has 0 spiro atoms. The van der Waals surface area contributed by atoms with E-state index in [0.29, 0.717) is 28.6 Å². The Morgan fingerprint density at radius 2 is 1.67 bits per heavy atom. The predicted molar refractivity (Wildman–Crippen MR) is 128 cm³/mol. The molecule has 0 radical (unpaired) electrons. The molecule has 33 heavy (non-hydrogen) atoms. The summed E-state index contributed by atoms with van der Waals surface area (Å²) in [7, 11) is 0. The topological polar surface area (TPSA) is 104 Å². The lowest BCUT2D eigenvalue weighted by Gasteiger charge is -2.11. The van der Waals surface area contributed by atoms with E-state index in [1.807, 2.05) is 49.4 Å². The zero-order valence-electron chi connectivity index (χ0n) is 17.5. The minimum Gasteiger partial charge on any atom is -0.478 e. The van der Waals surface area contributed by atoms with Crippen LogP contribution in [0.1, 0.15) is 26.5 Å². The SMILES string of the molecule is Cc1nc(Nc2cccc(C(=O)Nc3ccc(Cl)c(C(=O)O)c3)c2)cc(-c2ccccc2)n1. The molecule has 1 amide bonds. The van der Waals surface area contributed by atoms with Gasteiger partial charge in [0.2, 0.25) is 0 Å². The third-order valence-electron chi connectivity index (χ3n) is 4.76. The number of carbonyl (C=O) groups excluding carboxylic acids is 1. The van der Waals surface area contributed by atoms with Crippen LogP contribution in [0.25, 0.3) is 11.3 Å². The van der Waals surface area contributed by atoms with Gasteiger partial charge in [-0.25, -0.2) is 14.8 Å². The Morgan fingerprint density at radius 1 is 0.879 bits per heavy atom. The summed E-state index contributed by atoms with van der Waals surface area (Å²) in [5.41, 5.74) is 3.07. The lowest BCUT2D eigenvalue weighted by molar-refractivity contribution is 0.0696. The molecule has 0 saturated heterocycles. The molecule has 0 aliphatic rings. The number of aromatic carboxylic acids is 1. The highest BCUT2D eigenvalue weighted by Crippen LogP contribution is 2.24. The molecule has 0 aliphatic heterocycles. The molecule has 7 nitrogen and oxygen atoms in total. The van der Waals surface area contributed by atoms with Gasteiger partial charge in [-0.05, 0) is 43.3 Å². The highest BCUT2D eigenvalue weighted by atomic mass is 35.5. The van der Waals surface area contributed by atoms with Crippen molar-refractivity contribution in [3.63, 3.8) is 0 Å². The highest BCUT2D eigenvalue weighted by molar-refractivity contribution is 6.33. The number of aryl methyl sites for hydroxylation is 1. The number of amides is 1. The van der Waals surface area contributed by atoms with Crippen molar-refractivity contribution < 1.29 is 14.7 Å². The number of benzene rings is 3. The molecule has 8 heteroatoms. The van der Waals surface area contributed by atoms with Crippen LogP contribution in [0.4, 0.5) is 17.2 Å². The molecular weight excluding hydrogens is 440 g/mol. The molecule has 1 heterocycles. The van der Waals surface area contributed by atoms with Crippen molar-refractivity contribution in [1.29, 1.82) is 0 Å². The van der Waals surface area contributed by atoms with Crippen LogP contribution in [0.2, 0.25) is 5.02 Å². The fraction of sp³-hybridized carbons (Fsp3) is 0.0400. The molecule has 4 aromatic rings. The van der Waals surface area contributed by atoms with Gasteiger partial charge in [0.25, 0.3) is 5.91 Å². The van der Waals surface area contributed by atoms with Crippen molar-refractivity contribution in [1.82, 2.24) is 9.97 Å². The van der Waals surface area contributed by atoms with Crippen molar-refractivity contribution in [3.8, 4) is 11.3 Å². The molecule has 0 aliphatic carbocycles. The lowest BCUT2D eigenvalue weighted by Crippen LogP contribution is -2.13. The fourth-order valence-electron chi connectivity index (χ4n) is 3.24. The normalized spacial score (nSPS) is 10.5. The number of carboxylic acid groups (broad SMARTS) is 1. The van der Waals surface area contributed by atoms with Crippen LogP contribution in [-0.4, -0.2) is 27.0 Å². The van der Waals surface area contributed by atoms with Gasteiger partial charge in [-0.2, -0.15) is 0 Å². The zero-order valence-corrected chi connectivity index (χ0v) is 18.3. The number of hydrogen-bond acceptors (Lipinski definition) is 5. The van der Waals surface area contributed by atoms with Gasteiger partial charge in [0.05, 0.1) is 16.3 Å². The molecule has 0 saturated carbocycles. The average Bonchev–Trinajstić information content (AvgIpc) is 2.80. The standard InChI is InChI=1S/C25H19ClN4O3/c1-15-27-22(16-6-3-2-4-7-16)14-23(28-15)29-18-9-5-8-17(12-18)24(31)30-19-10-11-21(26)20(13-19)25(32)33/h2-14H,1H3,(H,30,31)(H,32,33)(H,27,28,29). The summed E-state index contributed by atoms with van der Waals surface area (Å²) in [5.74, 6) is -0.342. The second-order valence-corrected chi connectivity index (χ2v) is 7.62. The first-order chi connectivity index (χ1) is 15.9. The largest absolute Gasteiger partial charge is 0.478 e. The van der Waals surface area contributed by atoms with Crippen LogP contribution < -0.4 is 10.6 Å². The number of nitrogens with one attached hydrogen (secondary N) is 2. The van der Waals surface area contributed by atoms with Gasteiger partial charge in [-0.15, -0.1) is 0 Å². The third kappa shape index (κ3) is 5.34. The second kappa shape index (κ2) is 9.50. The minimum absolute atomic E-state index is 0.0850. The summed E-state index contributed by atoms with van der Waals surface area (Å²) in [6.45, 7) is 1.82. The number of carboxylic acids is 1. The van der Waals surface area contributed by atoms with Gasteiger partial charge >= 0.3 is 5.97 Å². The summed E-state index contributed by atoms with van der Waals surface area (Å²) >= 11 is 5.89. The van der Waals surface area contributed by atoms with Gasteiger partial charge in [0.15, 0.2) is 0 Å². The van der Waals surface area contributed by atoms with Crippen LogP contribution in [-0.2, 0) is 0 Å². The Balaban J connectivity index is 1.54. The van der Waals surface area contributed by atoms with E-state index in [-0.39, 0.29) is 16.5 Å². The Bertz CT molecular complexity index is 1340. The molecule has 3 aromatic carbocycles. The van der Waals surface area contributed by atoms with Crippen molar-refractivity contribution in [2.75, 3.05) is 10.6 Å². The molecule has 0 bridgehead atoms. The summed E-state index contributed by atoms with van der Waals surface area (Å²) in [4.78, 5) is 32.9. The maximum atomic E-state index is 12.7. The molecule has 0 unspecified atom stereocenters. The van der Waals surface area contributed by atoms with Gasteiger partial charge in [-0.3, -0.25) is 4.79 Å². The number of halogens is 1. The average molecular weight is 459 g/mol. The quantitative estimate of drug-likeness (QED) is 0.337. The first kappa shape index (κ1) is 22.0. The Labute approximate surface area is 195 Å². The van der Waals surface area contributed by atoms with Crippen molar-refractivity contribution in [2.45, 2.75) is 6.92 Å². The maximum absolute atomic E-state index is 12.7. The number of hydrogen-bond donors (Lipinski definition) is 3.